The summed E-state index contributed by atoms with van der Waals surface area (Å²) in [5.74, 6) is -2.44. The van der Waals surface area contributed by atoms with Crippen LogP contribution in [0.25, 0.3) is 0 Å². The zero-order valence-corrected chi connectivity index (χ0v) is 12.6. The molecular formula is C15H16F2N6O. The molecule has 2 aliphatic rings. The van der Waals surface area contributed by atoms with Crippen LogP contribution < -0.4 is 21.5 Å². The Bertz CT molecular complexity index is 758. The molecule has 3 unspecified atom stereocenters. The summed E-state index contributed by atoms with van der Waals surface area (Å²) in [5, 5.41) is 5.83. The van der Waals surface area contributed by atoms with Crippen molar-refractivity contribution >= 4 is 11.6 Å². The normalized spacial score (nSPS) is 26.4. The quantitative estimate of drug-likeness (QED) is 0.661. The Kier molecular flexibility index (Phi) is 3.66. The van der Waals surface area contributed by atoms with Gasteiger partial charge < -0.3 is 15.2 Å². The third-order valence-electron chi connectivity index (χ3n) is 4.38. The Labute approximate surface area is 136 Å². The van der Waals surface area contributed by atoms with Crippen molar-refractivity contribution in [2.24, 2.45) is 0 Å². The van der Waals surface area contributed by atoms with E-state index in [9.17, 15) is 13.6 Å². The molecule has 0 radical (unpaired) electrons. The number of amides is 1. The number of anilines is 1. The van der Waals surface area contributed by atoms with Crippen LogP contribution in [0.5, 0.6) is 0 Å². The number of benzene rings is 1. The highest BCUT2D eigenvalue weighted by molar-refractivity contribution is 6.01. The van der Waals surface area contributed by atoms with Crippen molar-refractivity contribution in [3.8, 4) is 0 Å². The lowest BCUT2D eigenvalue weighted by molar-refractivity contribution is 0.0911. The van der Waals surface area contributed by atoms with Crippen molar-refractivity contribution in [3.63, 3.8) is 0 Å². The fourth-order valence-electron chi connectivity index (χ4n) is 3.09. The predicted molar refractivity (Wildman–Crippen MR) is 81.8 cm³/mol. The van der Waals surface area contributed by atoms with Crippen molar-refractivity contribution in [2.75, 3.05) is 5.32 Å². The molecule has 0 aliphatic carbocycles. The maximum atomic E-state index is 13.4. The Balaban J connectivity index is 1.46. The minimum atomic E-state index is -1.04. The largest absolute Gasteiger partial charge is 0.363 e. The second-order valence-electron chi connectivity index (χ2n) is 5.91. The van der Waals surface area contributed by atoms with Crippen molar-refractivity contribution < 1.29 is 13.6 Å². The lowest BCUT2D eigenvalue weighted by Gasteiger charge is -2.39. The van der Waals surface area contributed by atoms with Crippen LogP contribution in [0.2, 0.25) is 0 Å². The van der Waals surface area contributed by atoms with Gasteiger partial charge in [-0.15, -0.1) is 0 Å². The molecule has 7 nitrogen and oxygen atoms in total. The van der Waals surface area contributed by atoms with E-state index in [0.717, 1.165) is 25.0 Å². The summed E-state index contributed by atoms with van der Waals surface area (Å²) in [4.78, 5) is 16.2. The number of fused-ring (bicyclic) bond motifs is 1. The van der Waals surface area contributed by atoms with E-state index in [0.29, 0.717) is 5.69 Å². The molecule has 1 amide bonds. The summed E-state index contributed by atoms with van der Waals surface area (Å²) in [5.41, 5.74) is 6.73. The Morgan fingerprint density at radius 2 is 1.96 bits per heavy atom. The van der Waals surface area contributed by atoms with Gasteiger partial charge in [0.25, 0.3) is 5.91 Å². The first-order valence-electron chi connectivity index (χ1n) is 7.67. The Hall–Kier alpha value is -2.52. The van der Waals surface area contributed by atoms with Crippen LogP contribution in [0.15, 0.2) is 30.9 Å². The van der Waals surface area contributed by atoms with Gasteiger partial charge in [-0.1, -0.05) is 0 Å². The number of nitrogens with one attached hydrogen (secondary N) is 4. The summed E-state index contributed by atoms with van der Waals surface area (Å²) in [7, 11) is 0. The molecule has 1 fully saturated rings. The van der Waals surface area contributed by atoms with Crippen LogP contribution in [-0.2, 0) is 0 Å². The molecule has 4 rings (SSSR count). The third kappa shape index (κ3) is 2.61. The molecular weight excluding hydrogens is 318 g/mol. The SMILES string of the molecule is O=C1NC(C2CCC(n3ccnc3)NN2)Nc2cc(F)c(F)cc21. The van der Waals surface area contributed by atoms with Gasteiger partial charge in [-0.25, -0.2) is 24.6 Å². The number of carbonyl (C=O) groups excluding carboxylic acids is 1. The van der Waals surface area contributed by atoms with Crippen LogP contribution in [0.3, 0.4) is 0 Å². The van der Waals surface area contributed by atoms with Gasteiger partial charge in [-0.3, -0.25) is 4.79 Å². The monoisotopic (exact) mass is 334 g/mol. The molecule has 1 aromatic heterocycles. The highest BCUT2D eigenvalue weighted by Gasteiger charge is 2.33. The highest BCUT2D eigenvalue weighted by Crippen LogP contribution is 2.26. The number of aromatic nitrogens is 2. The first-order chi connectivity index (χ1) is 11.6. The molecule has 0 spiro atoms. The molecule has 3 heterocycles. The second-order valence-corrected chi connectivity index (χ2v) is 5.91. The van der Waals surface area contributed by atoms with Crippen molar-refractivity contribution in [1.29, 1.82) is 0 Å². The summed E-state index contributed by atoms with van der Waals surface area (Å²) in [6, 6.07) is 1.82. The lowest BCUT2D eigenvalue weighted by Crippen LogP contribution is -2.62. The minimum absolute atomic E-state index is 0.0712. The summed E-state index contributed by atoms with van der Waals surface area (Å²) >= 11 is 0. The van der Waals surface area contributed by atoms with Crippen LogP contribution in [0.1, 0.15) is 29.4 Å². The number of nitrogens with zero attached hydrogens (tertiary/aromatic N) is 2. The molecule has 0 bridgehead atoms. The first-order valence-corrected chi connectivity index (χ1v) is 7.67. The van der Waals surface area contributed by atoms with Gasteiger partial charge >= 0.3 is 0 Å². The van der Waals surface area contributed by atoms with E-state index in [1.807, 2.05) is 10.8 Å². The van der Waals surface area contributed by atoms with Gasteiger partial charge in [-0.2, -0.15) is 0 Å². The first kappa shape index (κ1) is 15.0. The molecule has 1 aromatic carbocycles. The van der Waals surface area contributed by atoms with E-state index in [4.69, 9.17) is 0 Å². The Morgan fingerprint density at radius 3 is 2.67 bits per heavy atom. The fraction of sp³-hybridized carbons (Fsp3) is 0.333. The molecule has 2 aromatic rings. The minimum Gasteiger partial charge on any atom is -0.363 e. The van der Waals surface area contributed by atoms with Crippen molar-refractivity contribution in [1.82, 2.24) is 25.7 Å². The highest BCUT2D eigenvalue weighted by atomic mass is 19.2. The van der Waals surface area contributed by atoms with E-state index >= 15 is 0 Å². The van der Waals surface area contributed by atoms with Crippen molar-refractivity contribution in [2.45, 2.75) is 31.2 Å². The van der Waals surface area contributed by atoms with E-state index < -0.39 is 23.7 Å². The zero-order chi connectivity index (χ0) is 16.7. The number of imidazole rings is 1. The van der Waals surface area contributed by atoms with Gasteiger partial charge in [0.1, 0.15) is 6.17 Å². The van der Waals surface area contributed by atoms with Crippen LogP contribution in [-0.4, -0.2) is 27.7 Å². The van der Waals surface area contributed by atoms with Gasteiger partial charge in [0.05, 0.1) is 29.8 Å². The predicted octanol–water partition coefficient (Wildman–Crippen LogP) is 1.10. The van der Waals surface area contributed by atoms with E-state index in [2.05, 4.69) is 26.5 Å². The van der Waals surface area contributed by atoms with Gasteiger partial charge in [-0.05, 0) is 18.9 Å². The number of halogens is 2. The molecule has 4 N–H and O–H groups in total. The zero-order valence-electron chi connectivity index (χ0n) is 12.6. The maximum absolute atomic E-state index is 13.4. The molecule has 3 atom stereocenters. The van der Waals surface area contributed by atoms with Crippen LogP contribution >= 0.6 is 0 Å². The van der Waals surface area contributed by atoms with E-state index in [1.54, 1.807) is 12.5 Å². The summed E-state index contributed by atoms with van der Waals surface area (Å²) < 4.78 is 28.7. The summed E-state index contributed by atoms with van der Waals surface area (Å²) in [6.07, 6.45) is 6.55. The fourth-order valence-corrected chi connectivity index (χ4v) is 3.09. The third-order valence-corrected chi connectivity index (χ3v) is 4.38. The van der Waals surface area contributed by atoms with Gasteiger partial charge in [0.2, 0.25) is 0 Å². The summed E-state index contributed by atoms with van der Waals surface area (Å²) in [6.45, 7) is 0. The average molecular weight is 334 g/mol. The van der Waals surface area contributed by atoms with Crippen LogP contribution in [0, 0.1) is 11.6 Å². The number of hydrogen-bond acceptors (Lipinski definition) is 5. The van der Waals surface area contributed by atoms with E-state index in [-0.39, 0.29) is 17.8 Å². The number of hydrazine groups is 1. The van der Waals surface area contributed by atoms with Gasteiger partial charge in [0, 0.05) is 18.5 Å². The maximum Gasteiger partial charge on any atom is 0.255 e. The average Bonchev–Trinajstić information content (AvgIpc) is 3.11. The Morgan fingerprint density at radius 1 is 1.12 bits per heavy atom. The number of rotatable bonds is 2. The second kappa shape index (κ2) is 5.84. The van der Waals surface area contributed by atoms with Crippen molar-refractivity contribution in [3.05, 3.63) is 48.1 Å². The smallest absolute Gasteiger partial charge is 0.255 e. The molecule has 9 heteroatoms. The topological polar surface area (TPSA) is 83.0 Å². The van der Waals surface area contributed by atoms with Crippen LogP contribution in [0.4, 0.5) is 14.5 Å². The standard InChI is InChI=1S/C15H16F2N6O/c16-9-5-8-12(6-10(9)17)19-14(20-15(8)24)11-1-2-13(22-21-11)23-4-3-18-7-23/h3-7,11,13-14,19,21-22H,1-2H2,(H,20,24). The molecule has 0 saturated carbocycles. The van der Waals surface area contributed by atoms with E-state index in [1.165, 1.54) is 0 Å². The lowest BCUT2D eigenvalue weighted by atomic mass is 10.0. The van der Waals surface area contributed by atoms with Gasteiger partial charge in [0.15, 0.2) is 11.6 Å². The molecule has 1 saturated heterocycles. The molecule has 24 heavy (non-hydrogen) atoms. The molecule has 2 aliphatic heterocycles. The molecule has 126 valence electrons. The number of hydrogen-bond donors (Lipinski definition) is 4. The number of carbonyl (C=O) groups is 1.